The summed E-state index contributed by atoms with van der Waals surface area (Å²) < 4.78 is 9.80. The second-order valence-electron chi connectivity index (χ2n) is 4.30. The number of hydrogen-bond donors (Lipinski definition) is 1. The summed E-state index contributed by atoms with van der Waals surface area (Å²) in [6, 6.07) is 5.86. The third-order valence-corrected chi connectivity index (χ3v) is 2.97. The molecule has 0 heterocycles. The molecule has 0 aliphatic heterocycles. The van der Waals surface area contributed by atoms with Crippen LogP contribution in [0.3, 0.4) is 0 Å². The number of ether oxygens (including phenoxy) is 2. The molecule has 2 N–H and O–H groups in total. The summed E-state index contributed by atoms with van der Waals surface area (Å²) in [6.45, 7) is 1.99. The topological polar surface area (TPSA) is 61.5 Å². The van der Waals surface area contributed by atoms with Gasteiger partial charge in [0.1, 0.15) is 5.75 Å². The van der Waals surface area contributed by atoms with Gasteiger partial charge in [0.05, 0.1) is 14.2 Å². The fraction of sp³-hybridized carbons (Fsp3) is 0.500. The molecule has 0 saturated carbocycles. The van der Waals surface area contributed by atoms with Crippen molar-refractivity contribution >= 4 is 5.97 Å². The number of carbonyl (C=O) groups excluding carboxylic acids is 1. The Morgan fingerprint density at radius 3 is 2.67 bits per heavy atom. The number of aryl methyl sites for hydroxylation is 1. The van der Waals surface area contributed by atoms with E-state index < -0.39 is 0 Å². The maximum absolute atomic E-state index is 11.0. The van der Waals surface area contributed by atoms with Crippen LogP contribution >= 0.6 is 0 Å². The predicted molar refractivity (Wildman–Crippen MR) is 70.5 cm³/mol. The number of carbonyl (C=O) groups is 1. The van der Waals surface area contributed by atoms with E-state index in [4.69, 9.17) is 10.5 Å². The van der Waals surface area contributed by atoms with Crippen LogP contribution in [0.1, 0.15) is 36.4 Å². The van der Waals surface area contributed by atoms with Crippen molar-refractivity contribution in [3.8, 4) is 5.75 Å². The number of esters is 1. The molecule has 18 heavy (non-hydrogen) atoms. The molecule has 1 unspecified atom stereocenters. The Morgan fingerprint density at radius 1 is 1.39 bits per heavy atom. The zero-order chi connectivity index (χ0) is 13.5. The third kappa shape index (κ3) is 4.04. The molecule has 100 valence electrons. The average Bonchev–Trinajstić information content (AvgIpc) is 2.38. The van der Waals surface area contributed by atoms with E-state index in [1.54, 1.807) is 7.11 Å². The Hall–Kier alpha value is -1.55. The van der Waals surface area contributed by atoms with Gasteiger partial charge in [0, 0.05) is 12.5 Å². The van der Waals surface area contributed by atoms with E-state index in [9.17, 15) is 4.79 Å². The molecule has 1 atom stereocenters. The maximum Gasteiger partial charge on any atom is 0.305 e. The van der Waals surface area contributed by atoms with Crippen molar-refractivity contribution in [2.75, 3.05) is 14.2 Å². The molecule has 1 aromatic rings. The van der Waals surface area contributed by atoms with Crippen molar-refractivity contribution in [1.82, 2.24) is 0 Å². The minimum atomic E-state index is -0.187. The average molecular weight is 251 g/mol. The van der Waals surface area contributed by atoms with E-state index in [2.05, 4.69) is 4.74 Å². The first kappa shape index (κ1) is 14.5. The Bertz CT molecular complexity index is 404. The van der Waals surface area contributed by atoms with Crippen LogP contribution in [-0.4, -0.2) is 20.2 Å². The second kappa shape index (κ2) is 7.01. The highest BCUT2D eigenvalue weighted by atomic mass is 16.5. The van der Waals surface area contributed by atoms with Gasteiger partial charge in [-0.3, -0.25) is 4.79 Å². The lowest BCUT2D eigenvalue weighted by Crippen LogP contribution is -2.11. The molecular weight excluding hydrogens is 230 g/mol. The first-order chi connectivity index (χ1) is 8.58. The molecule has 1 rings (SSSR count). The lowest BCUT2D eigenvalue weighted by Gasteiger charge is -2.14. The monoisotopic (exact) mass is 251 g/mol. The Labute approximate surface area is 108 Å². The van der Waals surface area contributed by atoms with Gasteiger partial charge in [-0.15, -0.1) is 0 Å². The summed E-state index contributed by atoms with van der Waals surface area (Å²) in [6.07, 6.45) is 1.92. The number of benzene rings is 1. The fourth-order valence-electron chi connectivity index (χ4n) is 1.87. The largest absolute Gasteiger partial charge is 0.496 e. The SMILES string of the molecule is COC(=O)CCCC(N)c1ccc(OC)c(C)c1. The highest BCUT2D eigenvalue weighted by Gasteiger charge is 2.09. The maximum atomic E-state index is 11.0. The molecule has 0 aliphatic rings. The van der Waals surface area contributed by atoms with Gasteiger partial charge >= 0.3 is 5.97 Å². The third-order valence-electron chi connectivity index (χ3n) is 2.97. The predicted octanol–water partition coefficient (Wildman–Crippen LogP) is 2.35. The summed E-state index contributed by atoms with van der Waals surface area (Å²) in [4.78, 5) is 11.0. The van der Waals surface area contributed by atoms with Gasteiger partial charge in [-0.05, 0) is 37.0 Å². The first-order valence-electron chi connectivity index (χ1n) is 6.05. The molecular formula is C14H21NO3. The summed E-state index contributed by atoms with van der Waals surface area (Å²) >= 11 is 0. The fourth-order valence-corrected chi connectivity index (χ4v) is 1.87. The van der Waals surface area contributed by atoms with Gasteiger partial charge in [-0.2, -0.15) is 0 Å². The van der Waals surface area contributed by atoms with Crippen LogP contribution in [0.5, 0.6) is 5.75 Å². The van der Waals surface area contributed by atoms with Gasteiger partial charge in [-0.1, -0.05) is 12.1 Å². The first-order valence-corrected chi connectivity index (χ1v) is 6.05. The van der Waals surface area contributed by atoms with E-state index in [1.807, 2.05) is 25.1 Å². The van der Waals surface area contributed by atoms with Crippen molar-refractivity contribution < 1.29 is 14.3 Å². The van der Waals surface area contributed by atoms with Gasteiger partial charge < -0.3 is 15.2 Å². The molecule has 0 fully saturated rings. The van der Waals surface area contributed by atoms with Crippen molar-refractivity contribution in [3.05, 3.63) is 29.3 Å². The Morgan fingerprint density at radius 2 is 2.11 bits per heavy atom. The summed E-state index contributed by atoms with van der Waals surface area (Å²) in [5, 5.41) is 0. The highest BCUT2D eigenvalue weighted by molar-refractivity contribution is 5.69. The zero-order valence-corrected chi connectivity index (χ0v) is 11.2. The smallest absolute Gasteiger partial charge is 0.305 e. The van der Waals surface area contributed by atoms with E-state index in [-0.39, 0.29) is 12.0 Å². The number of rotatable bonds is 6. The molecule has 4 heteroatoms. The van der Waals surface area contributed by atoms with Gasteiger partial charge in [0.15, 0.2) is 0 Å². The molecule has 4 nitrogen and oxygen atoms in total. The quantitative estimate of drug-likeness (QED) is 0.788. The van der Waals surface area contributed by atoms with Crippen LogP contribution < -0.4 is 10.5 Å². The standard InChI is InChI=1S/C14H21NO3/c1-10-9-11(7-8-13(10)17-2)12(15)5-4-6-14(16)18-3/h7-9,12H,4-6,15H2,1-3H3. The van der Waals surface area contributed by atoms with Crippen LogP contribution in [0.15, 0.2) is 18.2 Å². The van der Waals surface area contributed by atoms with Crippen molar-refractivity contribution in [1.29, 1.82) is 0 Å². The molecule has 0 bridgehead atoms. The Kier molecular flexibility index (Phi) is 5.65. The number of nitrogens with two attached hydrogens (primary N) is 1. The van der Waals surface area contributed by atoms with Gasteiger partial charge in [0.2, 0.25) is 0 Å². The van der Waals surface area contributed by atoms with E-state index >= 15 is 0 Å². The minimum absolute atomic E-state index is 0.0562. The number of hydrogen-bond acceptors (Lipinski definition) is 4. The summed E-state index contributed by atoms with van der Waals surface area (Å²) in [7, 11) is 3.05. The second-order valence-corrected chi connectivity index (χ2v) is 4.30. The molecule has 0 radical (unpaired) electrons. The van der Waals surface area contributed by atoms with Crippen LogP contribution in [0.2, 0.25) is 0 Å². The van der Waals surface area contributed by atoms with Crippen molar-refractivity contribution in [2.24, 2.45) is 5.73 Å². The van der Waals surface area contributed by atoms with E-state index in [1.165, 1.54) is 7.11 Å². The lowest BCUT2D eigenvalue weighted by molar-refractivity contribution is -0.140. The summed E-state index contributed by atoms with van der Waals surface area (Å²) in [5.41, 5.74) is 8.23. The number of methoxy groups -OCH3 is 2. The normalized spacial score (nSPS) is 12.0. The summed E-state index contributed by atoms with van der Waals surface area (Å²) in [5.74, 6) is 0.675. The van der Waals surface area contributed by atoms with Crippen LogP contribution in [0.4, 0.5) is 0 Å². The van der Waals surface area contributed by atoms with Crippen molar-refractivity contribution in [2.45, 2.75) is 32.2 Å². The zero-order valence-electron chi connectivity index (χ0n) is 11.2. The molecule has 0 aromatic heterocycles. The van der Waals surface area contributed by atoms with Crippen molar-refractivity contribution in [3.63, 3.8) is 0 Å². The van der Waals surface area contributed by atoms with Crippen LogP contribution in [0, 0.1) is 6.92 Å². The van der Waals surface area contributed by atoms with Crippen LogP contribution in [-0.2, 0) is 9.53 Å². The van der Waals surface area contributed by atoms with Gasteiger partial charge in [0.25, 0.3) is 0 Å². The highest BCUT2D eigenvalue weighted by Crippen LogP contribution is 2.23. The van der Waals surface area contributed by atoms with E-state index in [0.717, 1.165) is 29.7 Å². The molecule has 0 spiro atoms. The lowest BCUT2D eigenvalue weighted by atomic mass is 10.00. The minimum Gasteiger partial charge on any atom is -0.496 e. The van der Waals surface area contributed by atoms with Gasteiger partial charge in [-0.25, -0.2) is 0 Å². The molecule has 0 saturated heterocycles. The molecule has 0 aliphatic carbocycles. The molecule has 0 amide bonds. The van der Waals surface area contributed by atoms with E-state index in [0.29, 0.717) is 6.42 Å². The Balaban J connectivity index is 2.53. The van der Waals surface area contributed by atoms with Crippen LogP contribution in [0.25, 0.3) is 0 Å². The molecule has 1 aromatic carbocycles.